The first-order chi connectivity index (χ1) is 11.2. The van der Waals surface area contributed by atoms with Crippen LogP contribution in [-0.4, -0.2) is 66.7 Å². The molecule has 0 amide bonds. The summed E-state index contributed by atoms with van der Waals surface area (Å²) < 4.78 is 11.8. The monoisotopic (exact) mass is 341 g/mol. The van der Waals surface area contributed by atoms with Crippen LogP contribution >= 0.6 is 11.3 Å². The van der Waals surface area contributed by atoms with E-state index >= 15 is 0 Å². The maximum absolute atomic E-state index is 8.98. The highest BCUT2D eigenvalue weighted by Crippen LogP contribution is 2.43. The zero-order valence-corrected chi connectivity index (χ0v) is 14.8. The van der Waals surface area contributed by atoms with Crippen molar-refractivity contribution in [2.45, 2.75) is 50.0 Å². The lowest BCUT2D eigenvalue weighted by molar-refractivity contribution is -0.104. The molecule has 1 aliphatic heterocycles. The lowest BCUT2D eigenvalue weighted by atomic mass is 9.79. The number of ether oxygens (including phenoxy) is 2. The molecule has 1 saturated heterocycles. The number of hydrogen-bond acceptors (Lipinski definition) is 7. The van der Waals surface area contributed by atoms with E-state index in [1.165, 1.54) is 0 Å². The van der Waals surface area contributed by atoms with Crippen molar-refractivity contribution in [3.63, 3.8) is 0 Å². The predicted molar refractivity (Wildman–Crippen MR) is 90.9 cm³/mol. The van der Waals surface area contributed by atoms with Crippen LogP contribution in [0.2, 0.25) is 0 Å². The Bertz CT molecular complexity index is 513. The van der Waals surface area contributed by atoms with E-state index in [0.717, 1.165) is 49.6 Å². The van der Waals surface area contributed by atoms with E-state index in [0.29, 0.717) is 12.6 Å². The van der Waals surface area contributed by atoms with Gasteiger partial charge in [-0.05, 0) is 25.7 Å². The molecule has 6 nitrogen and oxygen atoms in total. The molecule has 2 N–H and O–H groups in total. The lowest BCUT2D eigenvalue weighted by Gasteiger charge is -2.43. The number of fused-ring (bicyclic) bond motifs is 1. The van der Waals surface area contributed by atoms with Gasteiger partial charge in [0.2, 0.25) is 0 Å². The van der Waals surface area contributed by atoms with E-state index in [-0.39, 0.29) is 18.3 Å². The molecule has 3 rings (SSSR count). The molecule has 0 spiro atoms. The van der Waals surface area contributed by atoms with Crippen LogP contribution in [0.5, 0.6) is 0 Å². The van der Waals surface area contributed by atoms with Crippen LogP contribution in [0.25, 0.3) is 0 Å². The summed E-state index contributed by atoms with van der Waals surface area (Å²) >= 11 is 1.65. The van der Waals surface area contributed by atoms with Gasteiger partial charge < -0.3 is 19.9 Å². The summed E-state index contributed by atoms with van der Waals surface area (Å²) in [6.07, 6.45) is 4.30. The van der Waals surface area contributed by atoms with Gasteiger partial charge in [-0.3, -0.25) is 4.90 Å². The zero-order chi connectivity index (χ0) is 16.3. The molecule has 0 unspecified atom stereocenters. The van der Waals surface area contributed by atoms with Crippen molar-refractivity contribution >= 4 is 16.5 Å². The van der Waals surface area contributed by atoms with Crippen molar-refractivity contribution in [2.75, 3.05) is 39.2 Å². The van der Waals surface area contributed by atoms with Crippen molar-refractivity contribution in [1.29, 1.82) is 0 Å². The number of hydrogen-bond donors (Lipinski definition) is 2. The van der Waals surface area contributed by atoms with Crippen LogP contribution in [0.15, 0.2) is 5.38 Å². The largest absolute Gasteiger partial charge is 0.394 e. The lowest BCUT2D eigenvalue weighted by Crippen LogP contribution is -2.51. The highest BCUT2D eigenvalue weighted by Gasteiger charge is 2.51. The summed E-state index contributed by atoms with van der Waals surface area (Å²) in [4.78, 5) is 7.10. The first-order valence-electron chi connectivity index (χ1n) is 8.34. The number of nitrogens with zero attached hydrogens (tertiary/aromatic N) is 2. The van der Waals surface area contributed by atoms with Gasteiger partial charge in [-0.1, -0.05) is 0 Å². The molecule has 1 saturated carbocycles. The molecule has 2 heterocycles. The second-order valence-electron chi connectivity index (χ2n) is 6.39. The Morgan fingerprint density at radius 1 is 1.52 bits per heavy atom. The fraction of sp³-hybridized carbons (Fsp3) is 0.812. The fourth-order valence-corrected chi connectivity index (χ4v) is 4.68. The van der Waals surface area contributed by atoms with Gasteiger partial charge in [0.25, 0.3) is 0 Å². The third kappa shape index (κ3) is 3.53. The minimum atomic E-state index is -0.0407. The number of aliphatic hydroxyl groups excluding tert-OH is 1. The van der Waals surface area contributed by atoms with Gasteiger partial charge in [0.05, 0.1) is 30.6 Å². The second kappa shape index (κ2) is 7.44. The number of aliphatic hydroxyl groups is 1. The van der Waals surface area contributed by atoms with E-state index in [2.05, 4.69) is 20.6 Å². The fourth-order valence-electron chi connectivity index (χ4n) is 4.02. The van der Waals surface area contributed by atoms with Crippen LogP contribution in [-0.2, 0) is 16.0 Å². The minimum absolute atomic E-state index is 0.0407. The van der Waals surface area contributed by atoms with E-state index in [1.54, 1.807) is 11.3 Å². The molecule has 2 fully saturated rings. The Morgan fingerprint density at radius 3 is 3.09 bits per heavy atom. The predicted octanol–water partition coefficient (Wildman–Crippen LogP) is 1.71. The minimum Gasteiger partial charge on any atom is -0.394 e. The third-order valence-corrected chi connectivity index (χ3v) is 6.14. The highest BCUT2D eigenvalue weighted by atomic mass is 32.1. The molecule has 3 atom stereocenters. The average molecular weight is 341 g/mol. The van der Waals surface area contributed by atoms with Crippen LogP contribution in [0.3, 0.4) is 0 Å². The van der Waals surface area contributed by atoms with Gasteiger partial charge in [-0.15, -0.1) is 11.3 Å². The SMILES string of the molecule is CNc1nc(CN2CC[C@]3(OC)CC[C@H](OCCO)C[C@H]23)cs1. The van der Waals surface area contributed by atoms with E-state index in [1.807, 2.05) is 14.2 Å². The molecule has 23 heavy (non-hydrogen) atoms. The van der Waals surface area contributed by atoms with Crippen molar-refractivity contribution in [2.24, 2.45) is 0 Å². The molecular weight excluding hydrogens is 314 g/mol. The zero-order valence-electron chi connectivity index (χ0n) is 14.0. The van der Waals surface area contributed by atoms with Gasteiger partial charge in [-0.2, -0.15) is 0 Å². The maximum Gasteiger partial charge on any atom is 0.182 e. The number of anilines is 1. The van der Waals surface area contributed by atoms with Crippen LogP contribution in [0.1, 0.15) is 31.4 Å². The molecule has 0 bridgehead atoms. The number of thiazole rings is 1. The van der Waals surface area contributed by atoms with E-state index < -0.39 is 0 Å². The summed E-state index contributed by atoms with van der Waals surface area (Å²) in [5, 5.41) is 15.2. The number of likely N-dealkylation sites (tertiary alicyclic amines) is 1. The Labute approximate surface area is 141 Å². The van der Waals surface area contributed by atoms with Crippen molar-refractivity contribution in [1.82, 2.24) is 9.88 Å². The number of methoxy groups -OCH3 is 1. The molecule has 1 aromatic rings. The molecule has 1 aromatic heterocycles. The second-order valence-corrected chi connectivity index (χ2v) is 7.25. The van der Waals surface area contributed by atoms with Gasteiger partial charge in [0.1, 0.15) is 0 Å². The Kier molecular flexibility index (Phi) is 5.53. The standard InChI is InChI=1S/C16H27N3O3S/c1-17-15-18-12(11-23-15)10-19-6-5-16(21-2)4-3-13(9-14(16)19)22-8-7-20/h11,13-14,20H,3-10H2,1-2H3,(H,17,18)/t13-,14-,16+/m0/s1. The van der Waals surface area contributed by atoms with Crippen LogP contribution in [0.4, 0.5) is 5.13 Å². The average Bonchev–Trinajstić information content (AvgIpc) is 3.18. The molecular formula is C16H27N3O3S. The maximum atomic E-state index is 8.98. The van der Waals surface area contributed by atoms with Crippen LogP contribution in [0, 0.1) is 0 Å². The summed E-state index contributed by atoms with van der Waals surface area (Å²) in [7, 11) is 3.74. The summed E-state index contributed by atoms with van der Waals surface area (Å²) in [5.41, 5.74) is 1.07. The first kappa shape index (κ1) is 17.1. The smallest absolute Gasteiger partial charge is 0.182 e. The Hall–Kier alpha value is -0.730. The number of nitrogens with one attached hydrogen (secondary N) is 1. The molecule has 1 aliphatic carbocycles. The Balaban J connectivity index is 1.68. The summed E-state index contributed by atoms with van der Waals surface area (Å²) in [5.74, 6) is 0. The van der Waals surface area contributed by atoms with E-state index in [4.69, 9.17) is 14.6 Å². The van der Waals surface area contributed by atoms with Gasteiger partial charge in [0, 0.05) is 38.7 Å². The number of rotatable bonds is 7. The highest BCUT2D eigenvalue weighted by molar-refractivity contribution is 7.13. The molecule has 2 aliphatic rings. The third-order valence-electron chi connectivity index (χ3n) is 5.23. The van der Waals surface area contributed by atoms with Gasteiger partial charge >= 0.3 is 0 Å². The molecule has 7 heteroatoms. The van der Waals surface area contributed by atoms with Gasteiger partial charge in [-0.25, -0.2) is 4.98 Å². The quantitative estimate of drug-likeness (QED) is 0.787. The number of aromatic nitrogens is 1. The van der Waals surface area contributed by atoms with Crippen LogP contribution < -0.4 is 5.32 Å². The Morgan fingerprint density at radius 2 is 2.39 bits per heavy atom. The van der Waals surface area contributed by atoms with Crippen molar-refractivity contribution < 1.29 is 14.6 Å². The van der Waals surface area contributed by atoms with E-state index in [9.17, 15) is 0 Å². The molecule has 0 aromatic carbocycles. The normalized spacial score (nSPS) is 31.3. The summed E-state index contributed by atoms with van der Waals surface area (Å²) in [6.45, 7) is 2.42. The topological polar surface area (TPSA) is 66.9 Å². The first-order valence-corrected chi connectivity index (χ1v) is 9.22. The van der Waals surface area contributed by atoms with Gasteiger partial charge in [0.15, 0.2) is 5.13 Å². The molecule has 0 radical (unpaired) electrons. The van der Waals surface area contributed by atoms with Crippen molar-refractivity contribution in [3.05, 3.63) is 11.1 Å². The van der Waals surface area contributed by atoms with Crippen molar-refractivity contribution in [3.8, 4) is 0 Å². The molecule has 130 valence electrons. The summed E-state index contributed by atoms with van der Waals surface area (Å²) in [6, 6.07) is 0.365.